The molecule has 0 radical (unpaired) electrons. The Bertz CT molecular complexity index is 1590. The van der Waals surface area contributed by atoms with Gasteiger partial charge in [-0.25, -0.2) is 9.36 Å². The highest BCUT2D eigenvalue weighted by Gasteiger charge is 2.16. The van der Waals surface area contributed by atoms with Crippen molar-refractivity contribution in [2.45, 2.75) is 39.0 Å². The average Bonchev–Trinajstić information content (AvgIpc) is 3.37. The molecule has 182 valence electrons. The molecule has 0 bridgehead atoms. The first-order valence-electron chi connectivity index (χ1n) is 11.8. The molecule has 0 fully saturated rings. The Kier molecular flexibility index (Phi) is 5.98. The highest BCUT2D eigenvalue weighted by molar-refractivity contribution is 6.76. The Hall–Kier alpha value is -3.43. The van der Waals surface area contributed by atoms with Gasteiger partial charge in [0.2, 0.25) is 0 Å². The summed E-state index contributed by atoms with van der Waals surface area (Å²) in [6, 6.07) is 13.0. The number of methoxy groups -OCH3 is 1. The van der Waals surface area contributed by atoms with E-state index >= 15 is 0 Å². The van der Waals surface area contributed by atoms with Gasteiger partial charge >= 0.3 is 0 Å². The number of hydrogen-bond acceptors (Lipinski definition) is 5. The van der Waals surface area contributed by atoms with E-state index in [0.717, 1.165) is 51.2 Å². The second kappa shape index (κ2) is 8.97. The monoisotopic (exact) mass is 489 g/mol. The third kappa shape index (κ3) is 4.37. The molecular weight excluding hydrogens is 458 g/mol. The fourth-order valence-electron chi connectivity index (χ4n) is 4.47. The maximum Gasteiger partial charge on any atom is 0.291 e. The van der Waals surface area contributed by atoms with Gasteiger partial charge in [0.05, 0.1) is 37.1 Å². The summed E-state index contributed by atoms with van der Waals surface area (Å²) >= 11 is 0. The maximum atomic E-state index is 13.5. The maximum absolute atomic E-state index is 13.5. The molecule has 5 rings (SSSR count). The van der Waals surface area contributed by atoms with Gasteiger partial charge < -0.3 is 14.0 Å². The van der Waals surface area contributed by atoms with Crippen LogP contribution < -0.4 is 10.3 Å². The van der Waals surface area contributed by atoms with Gasteiger partial charge in [-0.15, -0.1) is 0 Å². The summed E-state index contributed by atoms with van der Waals surface area (Å²) in [4.78, 5) is 13.5. The summed E-state index contributed by atoms with van der Waals surface area (Å²) in [5.74, 6) is 0.754. The minimum Gasteiger partial charge on any atom is -0.497 e. The molecule has 35 heavy (non-hydrogen) atoms. The molecule has 3 heterocycles. The van der Waals surface area contributed by atoms with Gasteiger partial charge in [0.1, 0.15) is 18.0 Å². The fourth-order valence-corrected chi connectivity index (χ4v) is 5.23. The zero-order chi connectivity index (χ0) is 24.7. The van der Waals surface area contributed by atoms with E-state index in [1.807, 2.05) is 58.9 Å². The fraction of sp³-hybridized carbons (Fsp3) is 0.346. The first-order valence-corrected chi connectivity index (χ1v) is 15.5. The number of ether oxygens (including phenoxy) is 2. The van der Waals surface area contributed by atoms with Crippen LogP contribution in [0.5, 0.6) is 5.75 Å². The van der Waals surface area contributed by atoms with Crippen molar-refractivity contribution in [1.82, 2.24) is 24.1 Å². The molecule has 0 aliphatic rings. The molecule has 0 spiro atoms. The molecule has 0 atom stereocenters. The second-order valence-electron chi connectivity index (χ2n) is 10.2. The second-order valence-corrected chi connectivity index (χ2v) is 15.8. The molecule has 9 heteroatoms. The Morgan fingerprint density at radius 2 is 1.71 bits per heavy atom. The van der Waals surface area contributed by atoms with Gasteiger partial charge in [-0.05, 0) is 29.8 Å². The molecule has 8 nitrogen and oxygen atoms in total. The van der Waals surface area contributed by atoms with Crippen LogP contribution in [0.2, 0.25) is 25.7 Å². The first kappa shape index (κ1) is 23.3. The number of fused-ring (bicyclic) bond motifs is 4. The van der Waals surface area contributed by atoms with E-state index in [1.54, 1.807) is 13.3 Å². The lowest BCUT2D eigenvalue weighted by Crippen LogP contribution is -2.24. The molecule has 0 aliphatic carbocycles. The topological polar surface area (TPSA) is 76.1 Å². The largest absolute Gasteiger partial charge is 0.497 e. The molecule has 0 aliphatic heterocycles. The summed E-state index contributed by atoms with van der Waals surface area (Å²) in [6.07, 6.45) is 3.63. The van der Waals surface area contributed by atoms with Crippen LogP contribution in [0.25, 0.3) is 32.7 Å². The molecule has 5 aromatic rings. The van der Waals surface area contributed by atoms with Gasteiger partial charge in [-0.2, -0.15) is 10.2 Å². The Morgan fingerprint density at radius 3 is 2.49 bits per heavy atom. The summed E-state index contributed by atoms with van der Waals surface area (Å²) in [5, 5.41) is 11.9. The third-order valence-electron chi connectivity index (χ3n) is 6.52. The van der Waals surface area contributed by atoms with Crippen LogP contribution in [-0.4, -0.2) is 45.9 Å². The lowest BCUT2D eigenvalue weighted by Gasteiger charge is -2.15. The van der Waals surface area contributed by atoms with E-state index in [2.05, 4.69) is 29.8 Å². The van der Waals surface area contributed by atoms with Crippen molar-refractivity contribution in [3.05, 3.63) is 64.7 Å². The van der Waals surface area contributed by atoms with Crippen molar-refractivity contribution >= 4 is 40.8 Å². The highest BCUT2D eigenvalue weighted by Crippen LogP contribution is 2.29. The molecule has 2 aromatic carbocycles. The molecule has 0 N–H and O–H groups in total. The standard InChI is InChI=1S/C26H31N5O3Si/c1-29-24-13-19(33-2)9-10-20(24)22-15-27-30(26(32)25(22)29)16-18-7-6-8-23-21(18)14-28-31(23)17-34-11-12-35(3,4)5/h6-10,13-15H,11-12,16-17H2,1-5H3. The molecule has 0 unspecified atom stereocenters. The van der Waals surface area contributed by atoms with Crippen molar-refractivity contribution in [2.75, 3.05) is 13.7 Å². The molecule has 0 amide bonds. The van der Waals surface area contributed by atoms with Crippen molar-refractivity contribution in [2.24, 2.45) is 7.05 Å². The minimum atomic E-state index is -1.13. The quantitative estimate of drug-likeness (QED) is 0.235. The number of aromatic nitrogens is 5. The summed E-state index contributed by atoms with van der Waals surface area (Å²) in [5.41, 5.74) is 3.42. The van der Waals surface area contributed by atoms with Gasteiger partial charge in [-0.1, -0.05) is 31.8 Å². The van der Waals surface area contributed by atoms with Crippen LogP contribution in [0.3, 0.4) is 0 Å². The van der Waals surface area contributed by atoms with Gasteiger partial charge in [-0.3, -0.25) is 4.79 Å². The van der Waals surface area contributed by atoms with Crippen LogP contribution in [0, 0.1) is 0 Å². The molecule has 0 saturated heterocycles. The minimum absolute atomic E-state index is 0.126. The number of rotatable bonds is 8. The van der Waals surface area contributed by atoms with Crippen LogP contribution >= 0.6 is 0 Å². The Labute approximate surface area is 204 Å². The number of aryl methyl sites for hydroxylation is 1. The van der Waals surface area contributed by atoms with Gasteiger partial charge in [0, 0.05) is 44.0 Å². The van der Waals surface area contributed by atoms with E-state index in [9.17, 15) is 4.79 Å². The normalized spacial score (nSPS) is 12.3. The lowest BCUT2D eigenvalue weighted by molar-refractivity contribution is 0.0817. The van der Waals surface area contributed by atoms with Crippen LogP contribution in [0.15, 0.2) is 53.6 Å². The summed E-state index contributed by atoms with van der Waals surface area (Å²) in [6.45, 7) is 8.55. The molecule has 3 aromatic heterocycles. The van der Waals surface area contributed by atoms with E-state index in [1.165, 1.54) is 4.68 Å². The SMILES string of the molecule is COc1ccc2c3cnn(Cc4cccc5c4cnn5COCC[Si](C)(C)C)c(=O)c3n(C)c2c1. The number of hydrogen-bond donors (Lipinski definition) is 0. The average molecular weight is 490 g/mol. The van der Waals surface area contributed by atoms with Gasteiger partial charge in [0.25, 0.3) is 5.56 Å². The number of benzene rings is 2. The first-order chi connectivity index (χ1) is 16.8. The van der Waals surface area contributed by atoms with Crippen molar-refractivity contribution in [3.63, 3.8) is 0 Å². The van der Waals surface area contributed by atoms with Crippen molar-refractivity contribution in [3.8, 4) is 5.75 Å². The van der Waals surface area contributed by atoms with E-state index < -0.39 is 8.07 Å². The zero-order valence-electron chi connectivity index (χ0n) is 20.9. The van der Waals surface area contributed by atoms with Crippen LogP contribution in [0.1, 0.15) is 5.56 Å². The Morgan fingerprint density at radius 1 is 0.943 bits per heavy atom. The highest BCUT2D eigenvalue weighted by atomic mass is 28.3. The third-order valence-corrected chi connectivity index (χ3v) is 8.22. The van der Waals surface area contributed by atoms with E-state index in [4.69, 9.17) is 9.47 Å². The smallest absolute Gasteiger partial charge is 0.291 e. The lowest BCUT2D eigenvalue weighted by atomic mass is 10.1. The summed E-state index contributed by atoms with van der Waals surface area (Å²) in [7, 11) is 2.41. The molecule has 0 saturated carbocycles. The van der Waals surface area contributed by atoms with Crippen LogP contribution in [-0.2, 0) is 25.1 Å². The van der Waals surface area contributed by atoms with E-state index in [-0.39, 0.29) is 5.56 Å². The van der Waals surface area contributed by atoms with Crippen molar-refractivity contribution in [1.29, 1.82) is 0 Å². The predicted octanol–water partition coefficient (Wildman–Crippen LogP) is 4.61. The number of nitrogens with zero attached hydrogens (tertiary/aromatic N) is 5. The Balaban J connectivity index is 1.46. The van der Waals surface area contributed by atoms with Crippen LogP contribution in [0.4, 0.5) is 0 Å². The zero-order valence-corrected chi connectivity index (χ0v) is 21.9. The van der Waals surface area contributed by atoms with Gasteiger partial charge in [0.15, 0.2) is 0 Å². The predicted molar refractivity (Wildman–Crippen MR) is 142 cm³/mol. The van der Waals surface area contributed by atoms with E-state index in [0.29, 0.717) is 18.8 Å². The van der Waals surface area contributed by atoms with Crippen molar-refractivity contribution < 1.29 is 9.47 Å². The summed E-state index contributed by atoms with van der Waals surface area (Å²) < 4.78 is 16.6. The molecular formula is C26H31N5O3Si.